The van der Waals surface area contributed by atoms with Gasteiger partial charge < -0.3 is 0 Å². The molecule has 0 rings (SSSR count). The fourth-order valence-electron chi connectivity index (χ4n) is 1.29. The van der Waals surface area contributed by atoms with Crippen LogP contribution in [0.4, 0.5) is 0 Å². The first-order chi connectivity index (χ1) is 6.56. The van der Waals surface area contributed by atoms with Crippen LogP contribution in [0.5, 0.6) is 0 Å². The van der Waals surface area contributed by atoms with Crippen molar-refractivity contribution in [2.75, 3.05) is 5.75 Å². The Hall–Kier alpha value is -0.0900. The molecule has 0 heterocycles. The molecule has 0 aliphatic rings. The van der Waals surface area contributed by atoms with Crippen molar-refractivity contribution in [1.29, 1.82) is 0 Å². The summed E-state index contributed by atoms with van der Waals surface area (Å²) in [5, 5.41) is 4.87. The van der Waals surface area contributed by atoms with Crippen molar-refractivity contribution < 1.29 is 8.42 Å². The zero-order valence-corrected chi connectivity index (χ0v) is 9.85. The monoisotopic (exact) mass is 220 g/mol. The van der Waals surface area contributed by atoms with Crippen LogP contribution in [0.15, 0.2) is 0 Å². The minimum absolute atomic E-state index is 0.110. The Morgan fingerprint density at radius 3 is 2.29 bits per heavy atom. The summed E-state index contributed by atoms with van der Waals surface area (Å²) in [6.45, 7) is 2.19. The zero-order chi connectivity index (χ0) is 10.9. The summed E-state index contributed by atoms with van der Waals surface area (Å²) in [6, 6.07) is 0. The van der Waals surface area contributed by atoms with E-state index in [1.165, 1.54) is 25.7 Å². The van der Waals surface area contributed by atoms with Crippen LogP contribution in [-0.2, 0) is 10.0 Å². The highest BCUT2D eigenvalue weighted by atomic mass is 32.2. The van der Waals surface area contributed by atoms with Crippen molar-refractivity contribution in [2.45, 2.75) is 51.9 Å². The molecule has 0 aromatic heterocycles. The number of rotatable bonds is 9. The van der Waals surface area contributed by atoms with Gasteiger partial charge in [-0.25, -0.2) is 13.6 Å². The minimum Gasteiger partial charge on any atom is -0.229 e. The number of hydrogen-bond acceptors (Lipinski definition) is 2. The number of unbranched alkanes of at least 4 members (excludes halogenated alkanes) is 7. The summed E-state index contributed by atoms with van der Waals surface area (Å²) < 4.78 is 21.1. The molecule has 1 radical (unpaired) electrons. The van der Waals surface area contributed by atoms with E-state index in [1.54, 1.807) is 0 Å². The van der Waals surface area contributed by atoms with E-state index in [4.69, 9.17) is 5.14 Å². The van der Waals surface area contributed by atoms with Crippen molar-refractivity contribution in [3.05, 3.63) is 6.42 Å². The molecule has 85 valence electrons. The Morgan fingerprint density at radius 1 is 1.07 bits per heavy atom. The molecule has 0 bridgehead atoms. The van der Waals surface area contributed by atoms with Gasteiger partial charge in [0, 0.05) is 0 Å². The van der Waals surface area contributed by atoms with Gasteiger partial charge in [0.1, 0.15) is 0 Å². The van der Waals surface area contributed by atoms with Crippen LogP contribution in [0, 0.1) is 6.42 Å². The second kappa shape index (κ2) is 8.24. The molecule has 0 saturated carbocycles. The number of nitrogens with two attached hydrogens (primary N) is 1. The molecular weight excluding hydrogens is 198 g/mol. The van der Waals surface area contributed by atoms with E-state index in [0.717, 1.165) is 12.8 Å². The second-order valence-electron chi connectivity index (χ2n) is 3.65. The Morgan fingerprint density at radius 2 is 1.71 bits per heavy atom. The van der Waals surface area contributed by atoms with Gasteiger partial charge in [0.15, 0.2) is 0 Å². The van der Waals surface area contributed by atoms with Crippen molar-refractivity contribution >= 4 is 10.0 Å². The summed E-state index contributed by atoms with van der Waals surface area (Å²) in [6.07, 6.45) is 9.85. The van der Waals surface area contributed by atoms with Crippen LogP contribution < -0.4 is 5.14 Å². The molecule has 0 spiro atoms. The third-order valence-corrected chi connectivity index (χ3v) is 2.96. The quantitative estimate of drug-likeness (QED) is 0.606. The lowest BCUT2D eigenvalue weighted by atomic mass is 10.1. The minimum atomic E-state index is -3.25. The second-order valence-corrected chi connectivity index (χ2v) is 5.38. The fourth-order valence-corrected chi connectivity index (χ4v) is 1.86. The fraction of sp³-hybridized carbons (Fsp3) is 0.900. The molecular formula is C10H22NO2S. The maximum absolute atomic E-state index is 10.6. The smallest absolute Gasteiger partial charge is 0.209 e. The van der Waals surface area contributed by atoms with E-state index in [9.17, 15) is 8.42 Å². The van der Waals surface area contributed by atoms with Crippen molar-refractivity contribution in [1.82, 2.24) is 0 Å². The van der Waals surface area contributed by atoms with E-state index in [-0.39, 0.29) is 5.75 Å². The van der Waals surface area contributed by atoms with Crippen LogP contribution >= 0.6 is 0 Å². The van der Waals surface area contributed by atoms with E-state index in [2.05, 4.69) is 13.3 Å². The Bertz CT molecular complexity index is 212. The first-order valence-corrected chi connectivity index (χ1v) is 7.10. The van der Waals surface area contributed by atoms with Gasteiger partial charge in [-0.1, -0.05) is 39.0 Å². The van der Waals surface area contributed by atoms with Gasteiger partial charge >= 0.3 is 0 Å². The third kappa shape index (κ3) is 11.9. The van der Waals surface area contributed by atoms with Crippen molar-refractivity contribution in [3.8, 4) is 0 Å². The molecule has 0 aliphatic carbocycles. The summed E-state index contributed by atoms with van der Waals surface area (Å²) in [5.41, 5.74) is 0. The van der Waals surface area contributed by atoms with Crippen LogP contribution in [0.25, 0.3) is 0 Å². The number of sulfonamides is 1. The van der Waals surface area contributed by atoms with Gasteiger partial charge in [0.05, 0.1) is 5.75 Å². The molecule has 0 aromatic carbocycles. The first-order valence-electron chi connectivity index (χ1n) is 5.38. The Kier molecular flexibility index (Phi) is 8.18. The van der Waals surface area contributed by atoms with Crippen LogP contribution in [0.3, 0.4) is 0 Å². The van der Waals surface area contributed by atoms with E-state index in [1.807, 2.05) is 0 Å². The molecule has 0 unspecified atom stereocenters. The highest BCUT2D eigenvalue weighted by Crippen LogP contribution is 2.07. The topological polar surface area (TPSA) is 60.2 Å². The highest BCUT2D eigenvalue weighted by molar-refractivity contribution is 7.89. The normalized spacial score (nSPS) is 11.9. The zero-order valence-electron chi connectivity index (χ0n) is 9.04. The number of hydrogen-bond donors (Lipinski definition) is 1. The predicted molar refractivity (Wildman–Crippen MR) is 60.3 cm³/mol. The average molecular weight is 220 g/mol. The lowest BCUT2D eigenvalue weighted by Crippen LogP contribution is -2.16. The lowest BCUT2D eigenvalue weighted by Gasteiger charge is -2.00. The van der Waals surface area contributed by atoms with E-state index in [0.29, 0.717) is 6.42 Å². The van der Waals surface area contributed by atoms with Crippen LogP contribution in [0.1, 0.15) is 51.9 Å². The van der Waals surface area contributed by atoms with Crippen molar-refractivity contribution in [2.24, 2.45) is 5.14 Å². The van der Waals surface area contributed by atoms with Gasteiger partial charge in [-0.15, -0.1) is 0 Å². The van der Waals surface area contributed by atoms with E-state index >= 15 is 0 Å². The molecule has 0 aromatic rings. The van der Waals surface area contributed by atoms with Gasteiger partial charge in [0.2, 0.25) is 10.0 Å². The van der Waals surface area contributed by atoms with Gasteiger partial charge in [0.25, 0.3) is 0 Å². The first kappa shape index (κ1) is 13.9. The summed E-state index contributed by atoms with van der Waals surface area (Å²) in [4.78, 5) is 0. The van der Waals surface area contributed by atoms with Crippen molar-refractivity contribution in [3.63, 3.8) is 0 Å². The predicted octanol–water partition coefficient (Wildman–Crippen LogP) is 2.23. The molecule has 0 aliphatic heterocycles. The molecule has 4 heteroatoms. The standard InChI is InChI=1S/C10H22NO2S/c1-2-3-4-5-6-7-8-9-10-14(11,12)13/h7H,2-6,8-10H2,1H3,(H2,11,12,13). The lowest BCUT2D eigenvalue weighted by molar-refractivity contribution is 0.593. The number of primary sulfonamides is 1. The SMILES string of the molecule is CCCCCC[CH]CCCS(N)(=O)=O. The van der Waals surface area contributed by atoms with Crippen LogP contribution in [-0.4, -0.2) is 14.2 Å². The molecule has 0 amide bonds. The Labute approximate surface area is 88.1 Å². The van der Waals surface area contributed by atoms with Gasteiger partial charge in [-0.05, 0) is 19.3 Å². The summed E-state index contributed by atoms with van der Waals surface area (Å²) in [5.74, 6) is 0.110. The van der Waals surface area contributed by atoms with Crippen LogP contribution in [0.2, 0.25) is 0 Å². The molecule has 0 saturated heterocycles. The highest BCUT2D eigenvalue weighted by Gasteiger charge is 2.00. The molecule has 0 fully saturated rings. The average Bonchev–Trinajstić information content (AvgIpc) is 2.08. The Balaban J connectivity index is 3.07. The third-order valence-electron chi connectivity index (χ3n) is 2.10. The van der Waals surface area contributed by atoms with Gasteiger partial charge in [-0.2, -0.15) is 0 Å². The largest absolute Gasteiger partial charge is 0.229 e. The maximum atomic E-state index is 10.6. The van der Waals surface area contributed by atoms with Gasteiger partial charge in [-0.3, -0.25) is 0 Å². The van der Waals surface area contributed by atoms with E-state index < -0.39 is 10.0 Å². The molecule has 14 heavy (non-hydrogen) atoms. The summed E-state index contributed by atoms with van der Waals surface area (Å²) >= 11 is 0. The molecule has 3 nitrogen and oxygen atoms in total. The molecule has 0 atom stereocenters. The maximum Gasteiger partial charge on any atom is 0.209 e. The summed E-state index contributed by atoms with van der Waals surface area (Å²) in [7, 11) is -3.25. The molecule has 2 N–H and O–H groups in total.